The molecule has 0 radical (unpaired) electrons. The van der Waals surface area contributed by atoms with E-state index in [0.717, 1.165) is 16.1 Å². The normalized spacial score (nSPS) is 11.8. The minimum atomic E-state index is 0.212. The van der Waals surface area contributed by atoms with Gasteiger partial charge in [-0.1, -0.05) is 41.9 Å². The first-order chi connectivity index (χ1) is 9.20. The second-order valence-corrected chi connectivity index (χ2v) is 4.86. The monoisotopic (exact) mass is 270 g/mol. The minimum Gasteiger partial charge on any atom is -0.306 e. The highest BCUT2D eigenvalue weighted by molar-refractivity contribution is 6.30. The Labute approximate surface area is 118 Å². The summed E-state index contributed by atoms with van der Waals surface area (Å²) in [5, 5.41) is 13.2. The number of nitriles is 1. The lowest BCUT2D eigenvalue weighted by Gasteiger charge is -2.15. The fourth-order valence-electron chi connectivity index (χ4n) is 1.92. The summed E-state index contributed by atoms with van der Waals surface area (Å²) in [6, 6.07) is 17.9. The van der Waals surface area contributed by atoms with Gasteiger partial charge in [0, 0.05) is 17.6 Å². The molecule has 2 rings (SSSR count). The Morgan fingerprint density at radius 2 is 1.84 bits per heavy atom. The third-order valence-electron chi connectivity index (χ3n) is 3.11. The predicted molar refractivity (Wildman–Crippen MR) is 77.9 cm³/mol. The first kappa shape index (κ1) is 13.6. The van der Waals surface area contributed by atoms with Gasteiger partial charge < -0.3 is 5.32 Å². The van der Waals surface area contributed by atoms with Crippen molar-refractivity contribution in [3.05, 3.63) is 70.2 Å². The summed E-state index contributed by atoms with van der Waals surface area (Å²) in [6.07, 6.45) is 0. The standard InChI is InChI=1S/C16H15ClN2/c1-12(13-6-8-16(17)9-7-13)19-11-15-5-3-2-4-14(15)10-18/h2-9,12,19H,11H2,1H3/t12-/m1/s1. The summed E-state index contributed by atoms with van der Waals surface area (Å²) in [5.41, 5.74) is 2.92. The van der Waals surface area contributed by atoms with Crippen LogP contribution < -0.4 is 5.32 Å². The first-order valence-corrected chi connectivity index (χ1v) is 6.55. The first-order valence-electron chi connectivity index (χ1n) is 6.17. The van der Waals surface area contributed by atoms with Crippen molar-refractivity contribution in [1.29, 1.82) is 5.26 Å². The van der Waals surface area contributed by atoms with Gasteiger partial charge in [-0.25, -0.2) is 0 Å². The van der Waals surface area contributed by atoms with E-state index in [4.69, 9.17) is 16.9 Å². The van der Waals surface area contributed by atoms with Crippen LogP contribution in [0.15, 0.2) is 48.5 Å². The number of rotatable bonds is 4. The van der Waals surface area contributed by atoms with Crippen LogP contribution in [-0.2, 0) is 6.54 Å². The molecule has 3 heteroatoms. The lowest BCUT2D eigenvalue weighted by atomic mass is 10.1. The highest BCUT2D eigenvalue weighted by Gasteiger charge is 2.06. The zero-order valence-electron chi connectivity index (χ0n) is 10.7. The van der Waals surface area contributed by atoms with Crippen molar-refractivity contribution in [1.82, 2.24) is 5.32 Å². The number of nitrogens with zero attached hydrogens (tertiary/aromatic N) is 1. The van der Waals surface area contributed by atoms with Gasteiger partial charge in [0.05, 0.1) is 11.6 Å². The van der Waals surface area contributed by atoms with Crippen LogP contribution in [0, 0.1) is 11.3 Å². The molecule has 2 nitrogen and oxygen atoms in total. The van der Waals surface area contributed by atoms with E-state index in [2.05, 4.69) is 18.3 Å². The quantitative estimate of drug-likeness (QED) is 0.909. The molecule has 0 aliphatic rings. The SMILES string of the molecule is C[C@@H](NCc1ccccc1C#N)c1ccc(Cl)cc1. The molecule has 2 aromatic rings. The number of hydrogen-bond donors (Lipinski definition) is 1. The van der Waals surface area contributed by atoms with Crippen molar-refractivity contribution in [2.75, 3.05) is 0 Å². The van der Waals surface area contributed by atoms with E-state index < -0.39 is 0 Å². The van der Waals surface area contributed by atoms with Crippen LogP contribution in [0.25, 0.3) is 0 Å². The molecular formula is C16H15ClN2. The molecule has 0 aliphatic heterocycles. The second-order valence-electron chi connectivity index (χ2n) is 4.42. The Kier molecular flexibility index (Phi) is 4.57. The summed E-state index contributed by atoms with van der Waals surface area (Å²) in [5.74, 6) is 0. The van der Waals surface area contributed by atoms with Gasteiger partial charge in [-0.05, 0) is 36.2 Å². The summed E-state index contributed by atoms with van der Waals surface area (Å²) < 4.78 is 0. The van der Waals surface area contributed by atoms with Gasteiger partial charge in [0.15, 0.2) is 0 Å². The van der Waals surface area contributed by atoms with Gasteiger partial charge in [0.25, 0.3) is 0 Å². The smallest absolute Gasteiger partial charge is 0.0995 e. The zero-order chi connectivity index (χ0) is 13.7. The molecule has 0 bridgehead atoms. The van der Waals surface area contributed by atoms with E-state index in [0.29, 0.717) is 6.54 Å². The number of benzene rings is 2. The molecule has 0 saturated carbocycles. The van der Waals surface area contributed by atoms with Crippen molar-refractivity contribution in [2.24, 2.45) is 0 Å². The van der Waals surface area contributed by atoms with E-state index >= 15 is 0 Å². The summed E-state index contributed by atoms with van der Waals surface area (Å²) in [4.78, 5) is 0. The van der Waals surface area contributed by atoms with Crippen molar-refractivity contribution >= 4 is 11.6 Å². The Balaban J connectivity index is 2.02. The molecule has 0 amide bonds. The van der Waals surface area contributed by atoms with Gasteiger partial charge in [-0.3, -0.25) is 0 Å². The van der Waals surface area contributed by atoms with E-state index in [9.17, 15) is 0 Å². The maximum atomic E-state index is 9.04. The number of halogens is 1. The average molecular weight is 271 g/mol. The molecule has 1 N–H and O–H groups in total. The maximum absolute atomic E-state index is 9.04. The van der Waals surface area contributed by atoms with Gasteiger partial charge >= 0.3 is 0 Å². The fourth-order valence-corrected chi connectivity index (χ4v) is 2.04. The fraction of sp³-hybridized carbons (Fsp3) is 0.188. The van der Waals surface area contributed by atoms with Crippen molar-refractivity contribution < 1.29 is 0 Å². The minimum absolute atomic E-state index is 0.212. The zero-order valence-corrected chi connectivity index (χ0v) is 11.5. The summed E-state index contributed by atoms with van der Waals surface area (Å²) in [6.45, 7) is 2.77. The van der Waals surface area contributed by atoms with E-state index in [1.165, 1.54) is 5.56 Å². The highest BCUT2D eigenvalue weighted by atomic mass is 35.5. The van der Waals surface area contributed by atoms with Crippen LogP contribution in [0.3, 0.4) is 0 Å². The van der Waals surface area contributed by atoms with E-state index in [-0.39, 0.29) is 6.04 Å². The lowest BCUT2D eigenvalue weighted by molar-refractivity contribution is 0.574. The Hall–Kier alpha value is -1.82. The second kappa shape index (κ2) is 6.38. The Morgan fingerprint density at radius 3 is 2.53 bits per heavy atom. The van der Waals surface area contributed by atoms with Crippen LogP contribution in [0.2, 0.25) is 5.02 Å². The van der Waals surface area contributed by atoms with Crippen LogP contribution in [0.4, 0.5) is 0 Å². The molecular weight excluding hydrogens is 256 g/mol. The van der Waals surface area contributed by atoms with Crippen LogP contribution in [0.5, 0.6) is 0 Å². The molecule has 0 heterocycles. The van der Waals surface area contributed by atoms with Crippen molar-refractivity contribution in [3.8, 4) is 6.07 Å². The molecule has 96 valence electrons. The summed E-state index contributed by atoms with van der Waals surface area (Å²) >= 11 is 5.87. The number of hydrogen-bond acceptors (Lipinski definition) is 2. The summed E-state index contributed by atoms with van der Waals surface area (Å²) in [7, 11) is 0. The maximum Gasteiger partial charge on any atom is 0.0995 e. The molecule has 0 aromatic heterocycles. The van der Waals surface area contributed by atoms with Crippen LogP contribution >= 0.6 is 11.6 Å². The third kappa shape index (κ3) is 3.57. The van der Waals surface area contributed by atoms with E-state index in [1.54, 1.807) is 0 Å². The Bertz CT molecular complexity index is 584. The molecule has 0 unspecified atom stereocenters. The molecule has 0 saturated heterocycles. The predicted octanol–water partition coefficient (Wildman–Crippen LogP) is 4.06. The van der Waals surface area contributed by atoms with Gasteiger partial charge in [0.2, 0.25) is 0 Å². The molecule has 19 heavy (non-hydrogen) atoms. The van der Waals surface area contributed by atoms with Gasteiger partial charge in [0.1, 0.15) is 0 Å². The lowest BCUT2D eigenvalue weighted by Crippen LogP contribution is -2.18. The highest BCUT2D eigenvalue weighted by Crippen LogP contribution is 2.17. The van der Waals surface area contributed by atoms with Gasteiger partial charge in [-0.2, -0.15) is 5.26 Å². The van der Waals surface area contributed by atoms with Crippen molar-refractivity contribution in [2.45, 2.75) is 19.5 Å². The average Bonchev–Trinajstić information content (AvgIpc) is 2.45. The topological polar surface area (TPSA) is 35.8 Å². The van der Waals surface area contributed by atoms with E-state index in [1.807, 2.05) is 48.5 Å². The molecule has 2 aromatic carbocycles. The van der Waals surface area contributed by atoms with Crippen molar-refractivity contribution in [3.63, 3.8) is 0 Å². The van der Waals surface area contributed by atoms with Crippen LogP contribution in [-0.4, -0.2) is 0 Å². The van der Waals surface area contributed by atoms with Crippen LogP contribution in [0.1, 0.15) is 29.7 Å². The molecule has 1 atom stereocenters. The molecule has 0 spiro atoms. The third-order valence-corrected chi connectivity index (χ3v) is 3.36. The number of nitrogens with one attached hydrogen (secondary N) is 1. The van der Waals surface area contributed by atoms with Gasteiger partial charge in [-0.15, -0.1) is 0 Å². The molecule has 0 fully saturated rings. The largest absolute Gasteiger partial charge is 0.306 e. The molecule has 0 aliphatic carbocycles. The Morgan fingerprint density at radius 1 is 1.16 bits per heavy atom.